The Balaban J connectivity index is 1.66. The summed E-state index contributed by atoms with van der Waals surface area (Å²) in [5, 5.41) is 3.45. The molecule has 1 unspecified atom stereocenters. The van der Waals surface area contributed by atoms with Gasteiger partial charge in [-0.3, -0.25) is 0 Å². The van der Waals surface area contributed by atoms with Gasteiger partial charge in [0, 0.05) is 19.7 Å². The SMILES string of the molecule is CCCCOc1ccc(CNCC2CCCO2)cc1. The van der Waals surface area contributed by atoms with Crippen LogP contribution in [0.4, 0.5) is 0 Å². The van der Waals surface area contributed by atoms with E-state index in [4.69, 9.17) is 9.47 Å². The molecule has 1 aliphatic heterocycles. The number of ether oxygens (including phenoxy) is 2. The molecule has 0 aliphatic carbocycles. The van der Waals surface area contributed by atoms with Gasteiger partial charge in [-0.05, 0) is 37.0 Å². The minimum atomic E-state index is 0.414. The van der Waals surface area contributed by atoms with Crippen LogP contribution in [0.5, 0.6) is 5.75 Å². The van der Waals surface area contributed by atoms with Crippen molar-refractivity contribution < 1.29 is 9.47 Å². The topological polar surface area (TPSA) is 30.5 Å². The molecule has 106 valence electrons. The maximum Gasteiger partial charge on any atom is 0.119 e. The van der Waals surface area contributed by atoms with E-state index in [1.54, 1.807) is 0 Å². The fourth-order valence-corrected chi connectivity index (χ4v) is 2.22. The van der Waals surface area contributed by atoms with E-state index in [1.807, 2.05) is 0 Å². The Kier molecular flexibility index (Phi) is 6.18. The van der Waals surface area contributed by atoms with Crippen LogP contribution in [0.2, 0.25) is 0 Å². The van der Waals surface area contributed by atoms with Gasteiger partial charge in [-0.15, -0.1) is 0 Å². The molecule has 1 fully saturated rings. The molecule has 0 spiro atoms. The second kappa shape index (κ2) is 8.18. The van der Waals surface area contributed by atoms with Crippen LogP contribution in [0.1, 0.15) is 38.2 Å². The van der Waals surface area contributed by atoms with Crippen LogP contribution < -0.4 is 10.1 Å². The van der Waals surface area contributed by atoms with Gasteiger partial charge in [-0.2, -0.15) is 0 Å². The third kappa shape index (κ3) is 5.21. The Morgan fingerprint density at radius 3 is 2.84 bits per heavy atom. The van der Waals surface area contributed by atoms with E-state index >= 15 is 0 Å². The molecule has 2 rings (SSSR count). The summed E-state index contributed by atoms with van der Waals surface area (Å²) in [6.45, 7) is 5.76. The molecule has 19 heavy (non-hydrogen) atoms. The molecule has 1 aromatic rings. The third-order valence-electron chi connectivity index (χ3n) is 3.42. The summed E-state index contributed by atoms with van der Waals surface area (Å²) < 4.78 is 11.2. The summed E-state index contributed by atoms with van der Waals surface area (Å²) in [7, 11) is 0. The zero-order valence-electron chi connectivity index (χ0n) is 11.9. The van der Waals surface area contributed by atoms with Crippen LogP contribution in [0.15, 0.2) is 24.3 Å². The van der Waals surface area contributed by atoms with Crippen molar-refractivity contribution in [3.63, 3.8) is 0 Å². The summed E-state index contributed by atoms with van der Waals surface area (Å²) in [5.74, 6) is 0.969. The monoisotopic (exact) mass is 263 g/mol. The van der Waals surface area contributed by atoms with Crippen LogP contribution in [0, 0.1) is 0 Å². The van der Waals surface area contributed by atoms with E-state index in [9.17, 15) is 0 Å². The molecule has 3 heteroatoms. The number of nitrogens with one attached hydrogen (secondary N) is 1. The van der Waals surface area contributed by atoms with Gasteiger partial charge in [0.15, 0.2) is 0 Å². The van der Waals surface area contributed by atoms with E-state index in [2.05, 4.69) is 36.5 Å². The fraction of sp³-hybridized carbons (Fsp3) is 0.625. The van der Waals surface area contributed by atoms with Gasteiger partial charge < -0.3 is 14.8 Å². The summed E-state index contributed by atoms with van der Waals surface area (Å²) in [6.07, 6.45) is 5.10. The van der Waals surface area contributed by atoms with Crippen LogP contribution in [-0.2, 0) is 11.3 Å². The summed E-state index contributed by atoms with van der Waals surface area (Å²) in [4.78, 5) is 0. The van der Waals surface area contributed by atoms with Gasteiger partial charge in [-0.1, -0.05) is 25.5 Å². The molecule has 0 aromatic heterocycles. The highest BCUT2D eigenvalue weighted by atomic mass is 16.5. The van der Waals surface area contributed by atoms with Gasteiger partial charge in [-0.25, -0.2) is 0 Å². The molecule has 0 bridgehead atoms. The fourth-order valence-electron chi connectivity index (χ4n) is 2.22. The third-order valence-corrected chi connectivity index (χ3v) is 3.42. The first kappa shape index (κ1) is 14.4. The summed E-state index contributed by atoms with van der Waals surface area (Å²) >= 11 is 0. The lowest BCUT2D eigenvalue weighted by Crippen LogP contribution is -2.25. The lowest BCUT2D eigenvalue weighted by molar-refractivity contribution is 0.110. The summed E-state index contributed by atoms with van der Waals surface area (Å²) in [5.41, 5.74) is 1.29. The van der Waals surface area contributed by atoms with Crippen molar-refractivity contribution >= 4 is 0 Å². The highest BCUT2D eigenvalue weighted by Gasteiger charge is 2.14. The van der Waals surface area contributed by atoms with Gasteiger partial charge in [0.1, 0.15) is 5.75 Å². The Hall–Kier alpha value is -1.06. The molecule has 1 heterocycles. The van der Waals surface area contributed by atoms with Gasteiger partial charge in [0.25, 0.3) is 0 Å². The molecule has 0 radical (unpaired) electrons. The number of hydrogen-bond acceptors (Lipinski definition) is 3. The maximum atomic E-state index is 5.65. The molecular weight excluding hydrogens is 238 g/mol. The molecule has 0 amide bonds. The predicted octanol–water partition coefficient (Wildman–Crippen LogP) is 3.13. The van der Waals surface area contributed by atoms with Gasteiger partial charge in [0.2, 0.25) is 0 Å². The van der Waals surface area contributed by atoms with Crippen molar-refractivity contribution in [3.05, 3.63) is 29.8 Å². The van der Waals surface area contributed by atoms with Crippen LogP contribution in [0.25, 0.3) is 0 Å². The molecule has 1 aromatic carbocycles. The van der Waals surface area contributed by atoms with E-state index in [-0.39, 0.29) is 0 Å². The maximum absolute atomic E-state index is 5.65. The normalized spacial score (nSPS) is 18.7. The van der Waals surface area contributed by atoms with Crippen molar-refractivity contribution in [2.24, 2.45) is 0 Å². The quantitative estimate of drug-likeness (QED) is 0.731. The minimum absolute atomic E-state index is 0.414. The first-order valence-corrected chi connectivity index (χ1v) is 7.42. The second-order valence-electron chi connectivity index (χ2n) is 5.11. The van der Waals surface area contributed by atoms with Crippen molar-refractivity contribution in [1.82, 2.24) is 5.32 Å². The Morgan fingerprint density at radius 2 is 2.16 bits per heavy atom. The van der Waals surface area contributed by atoms with Gasteiger partial charge >= 0.3 is 0 Å². The average molecular weight is 263 g/mol. The summed E-state index contributed by atoms with van der Waals surface area (Å²) in [6, 6.07) is 8.37. The molecular formula is C16H25NO2. The molecule has 0 saturated carbocycles. The lowest BCUT2D eigenvalue weighted by atomic mass is 10.2. The van der Waals surface area contributed by atoms with E-state index < -0.39 is 0 Å². The second-order valence-corrected chi connectivity index (χ2v) is 5.11. The largest absolute Gasteiger partial charge is 0.494 e. The van der Waals surface area contributed by atoms with E-state index in [0.717, 1.165) is 38.5 Å². The molecule has 1 N–H and O–H groups in total. The van der Waals surface area contributed by atoms with Crippen LogP contribution >= 0.6 is 0 Å². The standard InChI is InChI=1S/C16H25NO2/c1-2-3-10-18-15-8-6-14(7-9-15)12-17-13-16-5-4-11-19-16/h6-9,16-17H,2-5,10-13H2,1H3. The Bertz CT molecular complexity index is 344. The number of unbranched alkanes of at least 4 members (excludes halogenated alkanes) is 1. The minimum Gasteiger partial charge on any atom is -0.494 e. The van der Waals surface area contributed by atoms with Crippen molar-refractivity contribution in [2.45, 2.75) is 45.3 Å². The zero-order chi connectivity index (χ0) is 13.3. The molecule has 1 aliphatic rings. The predicted molar refractivity (Wildman–Crippen MR) is 77.5 cm³/mol. The molecule has 1 atom stereocenters. The average Bonchev–Trinajstić information content (AvgIpc) is 2.94. The smallest absolute Gasteiger partial charge is 0.119 e. The molecule has 3 nitrogen and oxygen atoms in total. The highest BCUT2D eigenvalue weighted by Crippen LogP contribution is 2.13. The zero-order valence-corrected chi connectivity index (χ0v) is 11.9. The molecule has 1 saturated heterocycles. The van der Waals surface area contributed by atoms with E-state index in [0.29, 0.717) is 6.10 Å². The first-order valence-electron chi connectivity index (χ1n) is 7.42. The lowest BCUT2D eigenvalue weighted by Gasteiger charge is -2.11. The number of hydrogen-bond donors (Lipinski definition) is 1. The van der Waals surface area contributed by atoms with Crippen LogP contribution in [-0.4, -0.2) is 25.9 Å². The van der Waals surface area contributed by atoms with Crippen molar-refractivity contribution in [3.8, 4) is 5.75 Å². The Labute approximate surface area is 116 Å². The first-order chi connectivity index (χ1) is 9.38. The highest BCUT2D eigenvalue weighted by molar-refractivity contribution is 5.27. The van der Waals surface area contributed by atoms with Crippen molar-refractivity contribution in [2.75, 3.05) is 19.8 Å². The van der Waals surface area contributed by atoms with Crippen molar-refractivity contribution in [1.29, 1.82) is 0 Å². The number of benzene rings is 1. The van der Waals surface area contributed by atoms with Crippen LogP contribution in [0.3, 0.4) is 0 Å². The van der Waals surface area contributed by atoms with Gasteiger partial charge in [0.05, 0.1) is 12.7 Å². The number of rotatable bonds is 8. The Morgan fingerprint density at radius 1 is 1.32 bits per heavy atom. The van der Waals surface area contributed by atoms with E-state index in [1.165, 1.54) is 24.8 Å².